The van der Waals surface area contributed by atoms with E-state index in [2.05, 4.69) is 28.5 Å². The topological polar surface area (TPSA) is 10.8 Å². The smallest absolute Gasteiger partial charge is 0.270 e. The fourth-order valence-corrected chi connectivity index (χ4v) is 1.98. The van der Waals surface area contributed by atoms with Gasteiger partial charge in [0.1, 0.15) is 0 Å². The van der Waals surface area contributed by atoms with Gasteiger partial charge >= 0.3 is 0 Å². The minimum Gasteiger partial charge on any atom is -0.301 e. The molecule has 1 aliphatic heterocycles. The van der Waals surface area contributed by atoms with E-state index in [1.807, 2.05) is 0 Å². The van der Waals surface area contributed by atoms with Gasteiger partial charge in [0.2, 0.25) is 0 Å². The fraction of sp³-hybridized carbons (Fsp3) is 0.917. The highest BCUT2D eigenvalue weighted by molar-refractivity contribution is 4.74. The third kappa shape index (κ3) is 5.15. The zero-order chi connectivity index (χ0) is 11.1. The van der Waals surface area contributed by atoms with Crippen molar-refractivity contribution in [1.82, 2.24) is 9.80 Å². The van der Waals surface area contributed by atoms with Crippen molar-refractivity contribution in [2.75, 3.05) is 39.4 Å². The van der Waals surface area contributed by atoms with Gasteiger partial charge in [-0.1, -0.05) is 13.8 Å². The summed E-state index contributed by atoms with van der Waals surface area (Å²) >= 11 is 0. The molecule has 0 spiro atoms. The summed E-state index contributed by atoms with van der Waals surface area (Å²) < 4.78 is 0. The maximum atomic E-state index is 6.82. The van der Waals surface area contributed by atoms with Crippen LogP contribution in [0.15, 0.2) is 0 Å². The van der Waals surface area contributed by atoms with Crippen LogP contribution in [0.3, 0.4) is 0 Å². The summed E-state index contributed by atoms with van der Waals surface area (Å²) in [7, 11) is 0. The molecule has 3 nitrogen and oxygen atoms in total. The molecular weight excluding hydrogens is 186 g/mol. The van der Waals surface area contributed by atoms with Gasteiger partial charge in [0, 0.05) is 26.2 Å². The number of rotatable bonds is 5. The SMILES string of the molecule is [C-]#[N+]CN1CCN(CCCC(C)C)CC1. The Morgan fingerprint density at radius 1 is 1.13 bits per heavy atom. The van der Waals surface area contributed by atoms with Crippen LogP contribution in [0.25, 0.3) is 4.85 Å². The molecule has 0 N–H and O–H groups in total. The van der Waals surface area contributed by atoms with Crippen LogP contribution in [0, 0.1) is 12.5 Å². The molecule has 0 unspecified atom stereocenters. The molecule has 0 atom stereocenters. The first-order chi connectivity index (χ1) is 7.22. The molecule has 1 rings (SSSR count). The van der Waals surface area contributed by atoms with Gasteiger partial charge in [-0.05, 0) is 25.3 Å². The Kier molecular flexibility index (Phi) is 5.67. The molecule has 1 aliphatic rings. The molecule has 3 heteroatoms. The molecule has 15 heavy (non-hydrogen) atoms. The normalized spacial score (nSPS) is 19.3. The molecule has 1 heterocycles. The van der Waals surface area contributed by atoms with Crippen molar-refractivity contribution in [3.8, 4) is 0 Å². The lowest BCUT2D eigenvalue weighted by Crippen LogP contribution is -2.46. The highest BCUT2D eigenvalue weighted by Gasteiger charge is 2.17. The first kappa shape index (κ1) is 12.5. The number of piperazine rings is 1. The van der Waals surface area contributed by atoms with E-state index in [0.29, 0.717) is 6.67 Å². The van der Waals surface area contributed by atoms with E-state index in [0.717, 1.165) is 32.1 Å². The quantitative estimate of drug-likeness (QED) is 0.641. The molecule has 0 saturated carbocycles. The molecule has 0 radical (unpaired) electrons. The molecule has 0 bridgehead atoms. The number of hydrogen-bond acceptors (Lipinski definition) is 2. The zero-order valence-electron chi connectivity index (χ0n) is 10.1. The van der Waals surface area contributed by atoms with Crippen molar-refractivity contribution >= 4 is 0 Å². The monoisotopic (exact) mass is 209 g/mol. The minimum absolute atomic E-state index is 0.583. The average molecular weight is 209 g/mol. The lowest BCUT2D eigenvalue weighted by atomic mass is 10.1. The molecule has 0 aliphatic carbocycles. The number of hydrogen-bond donors (Lipinski definition) is 0. The van der Waals surface area contributed by atoms with Crippen molar-refractivity contribution in [2.45, 2.75) is 26.7 Å². The van der Waals surface area contributed by atoms with Crippen molar-refractivity contribution in [3.63, 3.8) is 0 Å². The van der Waals surface area contributed by atoms with E-state index in [4.69, 9.17) is 6.57 Å². The molecule has 0 aromatic heterocycles. The second-order valence-corrected chi connectivity index (χ2v) is 4.80. The summed E-state index contributed by atoms with van der Waals surface area (Å²) in [5.74, 6) is 0.827. The largest absolute Gasteiger partial charge is 0.301 e. The van der Waals surface area contributed by atoms with Crippen LogP contribution in [0.5, 0.6) is 0 Å². The molecule has 0 aromatic carbocycles. The minimum atomic E-state index is 0.583. The first-order valence-corrected chi connectivity index (χ1v) is 6.00. The Hall–Kier alpha value is -0.590. The third-order valence-corrected chi connectivity index (χ3v) is 2.99. The lowest BCUT2D eigenvalue weighted by molar-refractivity contribution is 0.139. The average Bonchev–Trinajstić information content (AvgIpc) is 2.20. The summed E-state index contributed by atoms with van der Waals surface area (Å²) in [6, 6.07) is 0. The summed E-state index contributed by atoms with van der Waals surface area (Å²) in [5, 5.41) is 0. The zero-order valence-corrected chi connectivity index (χ0v) is 10.1. The Balaban J connectivity index is 2.07. The van der Waals surface area contributed by atoms with E-state index in [1.165, 1.54) is 19.4 Å². The van der Waals surface area contributed by atoms with E-state index in [-0.39, 0.29) is 0 Å². The predicted molar refractivity (Wildman–Crippen MR) is 63.6 cm³/mol. The predicted octanol–water partition coefficient (Wildman–Crippen LogP) is 1.92. The van der Waals surface area contributed by atoms with Gasteiger partial charge in [-0.3, -0.25) is 4.85 Å². The van der Waals surface area contributed by atoms with Crippen molar-refractivity contribution in [2.24, 2.45) is 5.92 Å². The van der Waals surface area contributed by atoms with Crippen molar-refractivity contribution in [3.05, 3.63) is 11.4 Å². The van der Waals surface area contributed by atoms with Gasteiger partial charge in [-0.15, -0.1) is 0 Å². The molecule has 1 saturated heterocycles. The maximum absolute atomic E-state index is 6.82. The molecule has 0 aromatic rings. The van der Waals surface area contributed by atoms with Crippen LogP contribution < -0.4 is 0 Å². The highest BCUT2D eigenvalue weighted by Crippen LogP contribution is 2.07. The van der Waals surface area contributed by atoms with E-state index in [9.17, 15) is 0 Å². The third-order valence-electron chi connectivity index (χ3n) is 2.99. The van der Waals surface area contributed by atoms with E-state index >= 15 is 0 Å². The van der Waals surface area contributed by atoms with Crippen LogP contribution in [0.4, 0.5) is 0 Å². The van der Waals surface area contributed by atoms with Gasteiger partial charge in [0.15, 0.2) is 0 Å². The molecular formula is C12H23N3. The summed E-state index contributed by atoms with van der Waals surface area (Å²) in [4.78, 5) is 8.20. The molecule has 1 fully saturated rings. The highest BCUT2D eigenvalue weighted by atomic mass is 15.3. The maximum Gasteiger partial charge on any atom is 0.270 e. The number of nitrogens with zero attached hydrogens (tertiary/aromatic N) is 3. The molecule has 86 valence electrons. The van der Waals surface area contributed by atoms with Gasteiger partial charge in [0.05, 0.1) is 0 Å². The second kappa shape index (κ2) is 6.81. The Morgan fingerprint density at radius 3 is 2.27 bits per heavy atom. The Labute approximate surface area is 93.9 Å². The van der Waals surface area contributed by atoms with Crippen molar-refractivity contribution < 1.29 is 0 Å². The van der Waals surface area contributed by atoms with Crippen LogP contribution >= 0.6 is 0 Å². The standard InChI is InChI=1S/C12H23N3/c1-12(2)5-4-6-14-7-9-15(10-8-14)11-13-3/h12H,4-11H2,1-2H3. The first-order valence-electron chi connectivity index (χ1n) is 6.00. The fourth-order valence-electron chi connectivity index (χ4n) is 1.98. The van der Waals surface area contributed by atoms with Crippen molar-refractivity contribution in [1.29, 1.82) is 0 Å². The summed E-state index contributed by atoms with van der Waals surface area (Å²) in [6.45, 7) is 17.7. The van der Waals surface area contributed by atoms with Crippen LogP contribution in [0.2, 0.25) is 0 Å². The van der Waals surface area contributed by atoms with Gasteiger partial charge in [0.25, 0.3) is 6.67 Å². The van der Waals surface area contributed by atoms with Crippen LogP contribution in [0.1, 0.15) is 26.7 Å². The Morgan fingerprint density at radius 2 is 1.73 bits per heavy atom. The lowest BCUT2D eigenvalue weighted by Gasteiger charge is -2.32. The Bertz CT molecular complexity index is 199. The van der Waals surface area contributed by atoms with Gasteiger partial charge in [-0.2, -0.15) is 0 Å². The summed E-state index contributed by atoms with van der Waals surface area (Å²) in [5.41, 5.74) is 0. The van der Waals surface area contributed by atoms with E-state index < -0.39 is 0 Å². The second-order valence-electron chi connectivity index (χ2n) is 4.80. The van der Waals surface area contributed by atoms with Crippen LogP contribution in [-0.4, -0.2) is 49.2 Å². The van der Waals surface area contributed by atoms with E-state index in [1.54, 1.807) is 0 Å². The van der Waals surface area contributed by atoms with Crippen LogP contribution in [-0.2, 0) is 0 Å². The van der Waals surface area contributed by atoms with Gasteiger partial charge < -0.3 is 4.90 Å². The summed E-state index contributed by atoms with van der Waals surface area (Å²) in [6.07, 6.45) is 2.66. The van der Waals surface area contributed by atoms with Gasteiger partial charge in [-0.25, -0.2) is 11.5 Å². The molecule has 0 amide bonds.